The van der Waals surface area contributed by atoms with Crippen molar-refractivity contribution in [2.45, 2.75) is 13.0 Å². The van der Waals surface area contributed by atoms with E-state index in [2.05, 4.69) is 10.2 Å². The predicted octanol–water partition coefficient (Wildman–Crippen LogP) is 5.43. The lowest BCUT2D eigenvalue weighted by Crippen LogP contribution is -2.44. The number of aromatic nitrogens is 1. The van der Waals surface area contributed by atoms with Gasteiger partial charge >= 0.3 is 0 Å². The van der Waals surface area contributed by atoms with Crippen LogP contribution in [-0.4, -0.2) is 48.6 Å². The third-order valence-corrected chi connectivity index (χ3v) is 7.31. The van der Waals surface area contributed by atoms with Crippen LogP contribution in [0.4, 0.5) is 15.8 Å². The quantitative estimate of drug-likeness (QED) is 0.346. The molecule has 1 aliphatic rings. The van der Waals surface area contributed by atoms with E-state index in [1.165, 1.54) is 6.07 Å². The summed E-state index contributed by atoms with van der Waals surface area (Å²) in [6.45, 7) is 3.45. The molecule has 0 unspecified atom stereocenters. The molecule has 1 N–H and O–H groups in total. The average Bonchev–Trinajstić information content (AvgIpc) is 2.90. The molecule has 6 nitrogen and oxygen atoms in total. The van der Waals surface area contributed by atoms with Gasteiger partial charge < -0.3 is 19.7 Å². The Balaban J connectivity index is 1.54. The molecule has 0 bridgehead atoms. The standard InChI is InChI=1S/C29H27Cl2FN4O2/c1-34-10-12-35(13-11-34)27-16-26-23(15-24(27)32)29(38)25(18-36(26)17-20-4-8-22(31)9-5-20)33-28(37)14-19-2-6-21(30)7-3-19/h2-9,15-16,18H,10-14,17H2,1H3,(H,33,37). The van der Waals surface area contributed by atoms with Gasteiger partial charge in [0, 0.05) is 49.0 Å². The zero-order valence-corrected chi connectivity index (χ0v) is 22.4. The fourth-order valence-corrected chi connectivity index (χ4v) is 4.93. The minimum Gasteiger partial charge on any atom is -0.367 e. The topological polar surface area (TPSA) is 57.6 Å². The number of nitrogens with one attached hydrogen (secondary N) is 1. The van der Waals surface area contributed by atoms with E-state index in [1.54, 1.807) is 48.7 Å². The number of nitrogens with zero attached hydrogens (tertiary/aromatic N) is 3. The fourth-order valence-electron chi connectivity index (χ4n) is 4.68. The van der Waals surface area contributed by atoms with Crippen molar-refractivity contribution in [1.82, 2.24) is 9.47 Å². The molecule has 1 amide bonds. The van der Waals surface area contributed by atoms with Crippen LogP contribution in [0.2, 0.25) is 10.0 Å². The molecular weight excluding hydrogens is 526 g/mol. The largest absolute Gasteiger partial charge is 0.367 e. The summed E-state index contributed by atoms with van der Waals surface area (Å²) in [4.78, 5) is 30.5. The van der Waals surface area contributed by atoms with Crippen molar-refractivity contribution in [3.63, 3.8) is 0 Å². The van der Waals surface area contributed by atoms with Gasteiger partial charge in [0.1, 0.15) is 11.5 Å². The number of benzene rings is 3. The number of pyridine rings is 1. The van der Waals surface area contributed by atoms with Crippen LogP contribution in [0.3, 0.4) is 0 Å². The maximum absolute atomic E-state index is 15.4. The third kappa shape index (κ3) is 5.85. The summed E-state index contributed by atoms with van der Waals surface area (Å²) in [5, 5.41) is 4.14. The van der Waals surface area contributed by atoms with E-state index in [-0.39, 0.29) is 23.4 Å². The zero-order chi connectivity index (χ0) is 26.8. The van der Waals surface area contributed by atoms with E-state index >= 15 is 4.39 Å². The highest BCUT2D eigenvalue weighted by molar-refractivity contribution is 6.30. The first kappa shape index (κ1) is 26.2. The molecule has 3 aromatic carbocycles. The molecule has 0 radical (unpaired) electrons. The van der Waals surface area contributed by atoms with Crippen LogP contribution in [0, 0.1) is 5.82 Å². The van der Waals surface area contributed by atoms with Crippen LogP contribution < -0.4 is 15.6 Å². The summed E-state index contributed by atoms with van der Waals surface area (Å²) < 4.78 is 17.3. The normalized spacial score (nSPS) is 14.2. The number of anilines is 2. The van der Waals surface area contributed by atoms with Crippen LogP contribution in [0.1, 0.15) is 11.1 Å². The second kappa shape index (κ2) is 11.2. The first-order valence-corrected chi connectivity index (χ1v) is 13.1. The Morgan fingerprint density at radius 3 is 2.16 bits per heavy atom. The van der Waals surface area contributed by atoms with E-state index < -0.39 is 11.2 Å². The van der Waals surface area contributed by atoms with Crippen molar-refractivity contribution in [2.75, 3.05) is 43.4 Å². The van der Waals surface area contributed by atoms with Crippen LogP contribution in [-0.2, 0) is 17.8 Å². The molecule has 2 heterocycles. The van der Waals surface area contributed by atoms with Crippen molar-refractivity contribution in [3.05, 3.63) is 104 Å². The van der Waals surface area contributed by atoms with Gasteiger partial charge in [-0.25, -0.2) is 4.39 Å². The molecule has 0 saturated carbocycles. The van der Waals surface area contributed by atoms with E-state index in [1.807, 2.05) is 28.6 Å². The molecule has 196 valence electrons. The summed E-state index contributed by atoms with van der Waals surface area (Å²) in [5.41, 5.74) is 2.43. The lowest BCUT2D eigenvalue weighted by atomic mass is 10.1. The Labute approximate surface area is 230 Å². The second-order valence-electron chi connectivity index (χ2n) is 9.59. The Hall–Kier alpha value is -3.39. The number of piperazine rings is 1. The molecule has 0 aliphatic carbocycles. The molecule has 9 heteroatoms. The number of amides is 1. The van der Waals surface area contributed by atoms with Crippen molar-refractivity contribution < 1.29 is 9.18 Å². The van der Waals surface area contributed by atoms with Gasteiger partial charge in [-0.3, -0.25) is 9.59 Å². The molecule has 1 saturated heterocycles. The van der Waals surface area contributed by atoms with E-state index in [9.17, 15) is 9.59 Å². The summed E-state index contributed by atoms with van der Waals surface area (Å²) in [6, 6.07) is 17.4. The van der Waals surface area contributed by atoms with Crippen molar-refractivity contribution in [1.29, 1.82) is 0 Å². The van der Waals surface area contributed by atoms with Crippen LogP contribution in [0.15, 0.2) is 71.7 Å². The van der Waals surface area contributed by atoms with Gasteiger partial charge in [-0.2, -0.15) is 0 Å². The van der Waals surface area contributed by atoms with Crippen LogP contribution in [0.25, 0.3) is 10.9 Å². The van der Waals surface area contributed by atoms with Gasteiger partial charge in [0.15, 0.2) is 0 Å². The first-order chi connectivity index (χ1) is 18.3. The monoisotopic (exact) mass is 552 g/mol. The Morgan fingerprint density at radius 1 is 0.921 bits per heavy atom. The van der Waals surface area contributed by atoms with Gasteiger partial charge in [0.25, 0.3) is 0 Å². The van der Waals surface area contributed by atoms with Crippen LogP contribution >= 0.6 is 23.2 Å². The highest BCUT2D eigenvalue weighted by Gasteiger charge is 2.21. The van der Waals surface area contributed by atoms with Crippen LogP contribution in [0.5, 0.6) is 0 Å². The molecule has 38 heavy (non-hydrogen) atoms. The molecule has 0 spiro atoms. The van der Waals surface area contributed by atoms with Gasteiger partial charge in [0.2, 0.25) is 11.3 Å². The summed E-state index contributed by atoms with van der Waals surface area (Å²) >= 11 is 12.0. The molecular formula is C29H27Cl2FN4O2. The molecule has 1 aromatic heterocycles. The minimum absolute atomic E-state index is 0.0720. The number of hydrogen-bond donors (Lipinski definition) is 1. The number of carbonyl (C=O) groups excluding carboxylic acids is 1. The number of fused-ring (bicyclic) bond motifs is 1. The van der Waals surface area contributed by atoms with Crippen molar-refractivity contribution >= 4 is 51.4 Å². The van der Waals surface area contributed by atoms with E-state index in [4.69, 9.17) is 23.2 Å². The Kier molecular flexibility index (Phi) is 7.70. The molecule has 1 aliphatic heterocycles. The lowest BCUT2D eigenvalue weighted by Gasteiger charge is -2.34. The maximum Gasteiger partial charge on any atom is 0.228 e. The van der Waals surface area contributed by atoms with Crippen molar-refractivity contribution in [3.8, 4) is 0 Å². The highest BCUT2D eigenvalue weighted by Crippen LogP contribution is 2.27. The fraction of sp³-hybridized carbons (Fsp3) is 0.241. The molecule has 5 rings (SSSR count). The predicted molar refractivity (Wildman–Crippen MR) is 152 cm³/mol. The summed E-state index contributed by atoms with van der Waals surface area (Å²) in [6.07, 6.45) is 1.70. The Bertz CT molecular complexity index is 1530. The first-order valence-electron chi connectivity index (χ1n) is 12.4. The number of hydrogen-bond acceptors (Lipinski definition) is 4. The summed E-state index contributed by atoms with van der Waals surface area (Å²) in [7, 11) is 2.04. The smallest absolute Gasteiger partial charge is 0.228 e. The van der Waals surface area contributed by atoms with E-state index in [0.717, 1.165) is 24.2 Å². The second-order valence-corrected chi connectivity index (χ2v) is 10.5. The highest BCUT2D eigenvalue weighted by atomic mass is 35.5. The number of rotatable bonds is 6. The van der Waals surface area contributed by atoms with Gasteiger partial charge in [-0.05, 0) is 54.6 Å². The zero-order valence-electron chi connectivity index (χ0n) is 20.9. The van der Waals surface area contributed by atoms with Gasteiger partial charge in [-0.1, -0.05) is 47.5 Å². The Morgan fingerprint density at radius 2 is 1.53 bits per heavy atom. The molecule has 0 atom stereocenters. The minimum atomic E-state index is -0.457. The SMILES string of the molecule is CN1CCN(c2cc3c(cc2F)c(=O)c(NC(=O)Cc2ccc(Cl)cc2)cn3Cc2ccc(Cl)cc2)CC1. The maximum atomic E-state index is 15.4. The van der Waals surface area contributed by atoms with Gasteiger partial charge in [-0.15, -0.1) is 0 Å². The molecule has 1 fully saturated rings. The number of carbonyl (C=O) groups is 1. The molecule has 4 aromatic rings. The number of likely N-dealkylation sites (N-methyl/N-ethyl adjacent to an activating group) is 1. The lowest BCUT2D eigenvalue weighted by molar-refractivity contribution is -0.115. The van der Waals surface area contributed by atoms with Gasteiger partial charge in [0.05, 0.1) is 23.0 Å². The average molecular weight is 553 g/mol. The summed E-state index contributed by atoms with van der Waals surface area (Å²) in [5.74, 6) is -0.807. The van der Waals surface area contributed by atoms with E-state index in [0.29, 0.717) is 40.9 Å². The van der Waals surface area contributed by atoms with Crippen molar-refractivity contribution in [2.24, 2.45) is 0 Å². The third-order valence-electron chi connectivity index (χ3n) is 6.81. The number of halogens is 3.